The van der Waals surface area contributed by atoms with Gasteiger partial charge in [-0.1, -0.05) is 49.7 Å². The number of aliphatic imine (C=N–C) groups is 1. The van der Waals surface area contributed by atoms with Gasteiger partial charge in [0.2, 0.25) is 0 Å². The molecular weight excluding hydrogens is 447 g/mol. The molecule has 0 fully saturated rings. The number of aromatic nitrogens is 1. The highest BCUT2D eigenvalue weighted by molar-refractivity contribution is 14.0. The highest BCUT2D eigenvalue weighted by atomic mass is 127. The van der Waals surface area contributed by atoms with Crippen LogP contribution in [0.2, 0.25) is 5.02 Å². The molecule has 0 amide bonds. The quantitative estimate of drug-likeness (QED) is 0.379. The zero-order chi connectivity index (χ0) is 17.4. The minimum absolute atomic E-state index is 0. The maximum absolute atomic E-state index is 6.33. The second kappa shape index (κ2) is 10.6. The zero-order valence-electron chi connectivity index (χ0n) is 14.9. The number of rotatable bonds is 6. The van der Waals surface area contributed by atoms with Gasteiger partial charge in [-0.2, -0.15) is 0 Å². The highest BCUT2D eigenvalue weighted by Gasteiger charge is 2.23. The molecule has 2 N–H and O–H groups in total. The summed E-state index contributed by atoms with van der Waals surface area (Å²) in [5.74, 6) is 0.783. The predicted octanol–water partition coefficient (Wildman–Crippen LogP) is 4.04. The van der Waals surface area contributed by atoms with Crippen LogP contribution in [0.1, 0.15) is 25.1 Å². The van der Waals surface area contributed by atoms with Crippen molar-refractivity contribution in [1.82, 2.24) is 15.6 Å². The predicted molar refractivity (Wildman–Crippen MR) is 117 cm³/mol. The van der Waals surface area contributed by atoms with E-state index in [0.29, 0.717) is 0 Å². The van der Waals surface area contributed by atoms with Crippen molar-refractivity contribution in [1.29, 1.82) is 0 Å². The molecule has 25 heavy (non-hydrogen) atoms. The van der Waals surface area contributed by atoms with Gasteiger partial charge in [0.15, 0.2) is 5.96 Å². The summed E-state index contributed by atoms with van der Waals surface area (Å²) in [5, 5.41) is 7.50. The molecule has 2 aromatic rings. The summed E-state index contributed by atoms with van der Waals surface area (Å²) in [6, 6.07) is 13.9. The van der Waals surface area contributed by atoms with Crippen LogP contribution in [0, 0.1) is 0 Å². The largest absolute Gasteiger partial charge is 0.356 e. The molecule has 1 aromatic carbocycles. The minimum Gasteiger partial charge on any atom is -0.356 e. The molecule has 0 aliphatic carbocycles. The highest BCUT2D eigenvalue weighted by Crippen LogP contribution is 2.28. The number of nitrogens with zero attached hydrogens (tertiary/aromatic N) is 2. The van der Waals surface area contributed by atoms with Gasteiger partial charge < -0.3 is 10.6 Å². The van der Waals surface area contributed by atoms with Gasteiger partial charge in [-0.05, 0) is 23.8 Å². The normalized spacial score (nSPS) is 11.6. The van der Waals surface area contributed by atoms with Gasteiger partial charge >= 0.3 is 0 Å². The number of nitrogens with one attached hydrogen (secondary N) is 2. The molecule has 0 aliphatic heterocycles. The Morgan fingerprint density at radius 1 is 1.12 bits per heavy atom. The molecule has 0 aliphatic rings. The molecule has 0 radical (unpaired) electrons. The molecule has 2 rings (SSSR count). The maximum Gasteiger partial charge on any atom is 0.191 e. The lowest BCUT2D eigenvalue weighted by molar-refractivity contribution is 0.509. The first-order valence-corrected chi connectivity index (χ1v) is 8.50. The number of hydrogen-bond donors (Lipinski definition) is 2. The van der Waals surface area contributed by atoms with Crippen molar-refractivity contribution in [2.45, 2.75) is 25.7 Å². The van der Waals surface area contributed by atoms with E-state index in [1.807, 2.05) is 42.6 Å². The maximum atomic E-state index is 6.33. The van der Waals surface area contributed by atoms with Crippen LogP contribution in [0.15, 0.2) is 53.7 Å². The van der Waals surface area contributed by atoms with Crippen LogP contribution in [-0.4, -0.2) is 31.1 Å². The molecule has 0 saturated carbocycles. The zero-order valence-corrected chi connectivity index (χ0v) is 18.0. The molecule has 0 bridgehead atoms. The van der Waals surface area contributed by atoms with Crippen molar-refractivity contribution in [2.75, 3.05) is 20.1 Å². The van der Waals surface area contributed by atoms with Crippen molar-refractivity contribution < 1.29 is 0 Å². The Hall–Kier alpha value is -1.34. The van der Waals surface area contributed by atoms with Crippen LogP contribution in [0.5, 0.6) is 0 Å². The van der Waals surface area contributed by atoms with E-state index in [1.54, 1.807) is 7.05 Å². The summed E-state index contributed by atoms with van der Waals surface area (Å²) in [6.07, 6.45) is 2.67. The fraction of sp³-hybridized carbons (Fsp3) is 0.368. The standard InChI is InChI=1S/C19H25ClN4.HI/c1-19(2,16-9-4-5-10-17(16)20)14-24-18(21-3)23-13-11-15-8-6-7-12-22-15;/h4-10,12H,11,13-14H2,1-3H3,(H2,21,23,24);1H. The number of benzene rings is 1. The van der Waals surface area contributed by atoms with E-state index in [0.717, 1.165) is 41.7 Å². The van der Waals surface area contributed by atoms with E-state index in [9.17, 15) is 0 Å². The molecule has 1 heterocycles. The average Bonchev–Trinajstić information content (AvgIpc) is 2.59. The van der Waals surface area contributed by atoms with Gasteiger partial charge in [0.1, 0.15) is 0 Å². The average molecular weight is 473 g/mol. The molecule has 6 heteroatoms. The third-order valence-corrected chi connectivity index (χ3v) is 4.25. The second-order valence-electron chi connectivity index (χ2n) is 6.29. The topological polar surface area (TPSA) is 49.3 Å². The lowest BCUT2D eigenvalue weighted by Crippen LogP contribution is -2.44. The SMILES string of the molecule is CN=C(NCCc1ccccn1)NCC(C)(C)c1ccccc1Cl.I. The summed E-state index contributed by atoms with van der Waals surface area (Å²) < 4.78 is 0. The molecular formula is C19H26ClIN4. The molecule has 0 saturated heterocycles. The fourth-order valence-corrected chi connectivity index (χ4v) is 2.88. The summed E-state index contributed by atoms with van der Waals surface area (Å²) in [7, 11) is 1.78. The Morgan fingerprint density at radius 2 is 1.84 bits per heavy atom. The molecule has 1 aromatic heterocycles. The van der Waals surface area contributed by atoms with Gasteiger partial charge in [0, 0.05) is 48.9 Å². The third kappa shape index (κ3) is 6.82. The number of halogens is 2. The number of guanidine groups is 1. The fourth-order valence-electron chi connectivity index (χ4n) is 2.49. The van der Waals surface area contributed by atoms with Gasteiger partial charge in [0.05, 0.1) is 0 Å². The lowest BCUT2D eigenvalue weighted by Gasteiger charge is -2.27. The van der Waals surface area contributed by atoms with E-state index < -0.39 is 0 Å². The summed E-state index contributed by atoms with van der Waals surface area (Å²) in [5.41, 5.74) is 2.09. The van der Waals surface area contributed by atoms with E-state index in [-0.39, 0.29) is 29.4 Å². The Labute approximate surface area is 172 Å². The number of pyridine rings is 1. The summed E-state index contributed by atoms with van der Waals surface area (Å²) in [6.45, 7) is 5.86. The Balaban J connectivity index is 0.00000312. The van der Waals surface area contributed by atoms with Crippen molar-refractivity contribution in [3.05, 3.63) is 64.9 Å². The van der Waals surface area contributed by atoms with E-state index in [4.69, 9.17) is 11.6 Å². The van der Waals surface area contributed by atoms with Gasteiger partial charge in [-0.15, -0.1) is 24.0 Å². The molecule has 136 valence electrons. The van der Waals surface area contributed by atoms with Gasteiger partial charge in [-0.3, -0.25) is 9.98 Å². The summed E-state index contributed by atoms with van der Waals surface area (Å²) in [4.78, 5) is 8.60. The second-order valence-corrected chi connectivity index (χ2v) is 6.69. The van der Waals surface area contributed by atoms with E-state index >= 15 is 0 Å². The van der Waals surface area contributed by atoms with Crippen molar-refractivity contribution in [3.63, 3.8) is 0 Å². The van der Waals surface area contributed by atoms with Crippen molar-refractivity contribution in [2.24, 2.45) is 4.99 Å². The Kier molecular flexibility index (Phi) is 9.21. The third-order valence-electron chi connectivity index (χ3n) is 3.92. The molecule has 4 nitrogen and oxygen atoms in total. The Morgan fingerprint density at radius 3 is 2.48 bits per heavy atom. The van der Waals surface area contributed by atoms with Crippen LogP contribution >= 0.6 is 35.6 Å². The summed E-state index contributed by atoms with van der Waals surface area (Å²) >= 11 is 6.33. The molecule has 0 atom stereocenters. The van der Waals surface area contributed by atoms with E-state index in [2.05, 4.69) is 40.5 Å². The van der Waals surface area contributed by atoms with Crippen molar-refractivity contribution in [3.8, 4) is 0 Å². The monoisotopic (exact) mass is 472 g/mol. The van der Waals surface area contributed by atoms with Crippen LogP contribution < -0.4 is 10.6 Å². The van der Waals surface area contributed by atoms with Crippen LogP contribution in [0.4, 0.5) is 0 Å². The molecule has 0 unspecified atom stereocenters. The van der Waals surface area contributed by atoms with E-state index in [1.165, 1.54) is 0 Å². The molecule has 0 spiro atoms. The number of hydrogen-bond acceptors (Lipinski definition) is 2. The lowest BCUT2D eigenvalue weighted by atomic mass is 9.84. The van der Waals surface area contributed by atoms with Crippen LogP contribution in [-0.2, 0) is 11.8 Å². The van der Waals surface area contributed by atoms with Gasteiger partial charge in [0.25, 0.3) is 0 Å². The Bertz CT molecular complexity index is 674. The smallest absolute Gasteiger partial charge is 0.191 e. The first-order chi connectivity index (χ1) is 11.5. The van der Waals surface area contributed by atoms with Gasteiger partial charge in [-0.25, -0.2) is 0 Å². The van der Waals surface area contributed by atoms with Crippen LogP contribution in [0.3, 0.4) is 0 Å². The van der Waals surface area contributed by atoms with Crippen molar-refractivity contribution >= 4 is 41.5 Å². The first kappa shape index (κ1) is 21.7. The van der Waals surface area contributed by atoms with Crippen LogP contribution in [0.25, 0.3) is 0 Å². The first-order valence-electron chi connectivity index (χ1n) is 8.12. The minimum atomic E-state index is -0.100.